The SMILES string of the molecule is CCN(CC)c1ccc(C(C2=C(O)CC(C)(C)CC2=O)C2=C(O)CC(C)(C)CC2=O)c(O)c1. The summed E-state index contributed by atoms with van der Waals surface area (Å²) >= 11 is 0. The van der Waals surface area contributed by atoms with Crippen LogP contribution in [0.5, 0.6) is 5.75 Å². The van der Waals surface area contributed by atoms with E-state index >= 15 is 0 Å². The Labute approximate surface area is 196 Å². The van der Waals surface area contributed by atoms with E-state index < -0.39 is 16.7 Å². The lowest BCUT2D eigenvalue weighted by Gasteiger charge is -2.36. The first-order chi connectivity index (χ1) is 15.3. The maximum atomic E-state index is 13.3. The molecule has 1 aromatic carbocycles. The summed E-state index contributed by atoms with van der Waals surface area (Å²) < 4.78 is 0. The summed E-state index contributed by atoms with van der Waals surface area (Å²) in [7, 11) is 0. The van der Waals surface area contributed by atoms with Gasteiger partial charge in [-0.05, 0) is 30.7 Å². The van der Waals surface area contributed by atoms with Crippen molar-refractivity contribution in [2.75, 3.05) is 18.0 Å². The summed E-state index contributed by atoms with van der Waals surface area (Å²) in [5.41, 5.74) is 0.570. The summed E-state index contributed by atoms with van der Waals surface area (Å²) in [6.07, 6.45) is 1.01. The van der Waals surface area contributed by atoms with Crippen molar-refractivity contribution in [1.82, 2.24) is 0 Å². The minimum absolute atomic E-state index is 0.0692. The van der Waals surface area contributed by atoms with Crippen molar-refractivity contribution in [3.8, 4) is 5.75 Å². The third kappa shape index (κ3) is 4.94. The molecule has 0 aliphatic heterocycles. The third-order valence-corrected chi connectivity index (χ3v) is 6.82. The molecule has 3 N–H and O–H groups in total. The van der Waals surface area contributed by atoms with Gasteiger partial charge in [0.05, 0.1) is 5.92 Å². The molecule has 0 bridgehead atoms. The van der Waals surface area contributed by atoms with Crippen molar-refractivity contribution in [1.29, 1.82) is 0 Å². The molecule has 0 fully saturated rings. The highest BCUT2D eigenvalue weighted by atomic mass is 16.3. The fourth-order valence-corrected chi connectivity index (χ4v) is 5.28. The summed E-state index contributed by atoms with van der Waals surface area (Å²) in [5.74, 6) is -1.76. The van der Waals surface area contributed by atoms with E-state index in [4.69, 9.17) is 0 Å². The standard InChI is InChI=1S/C27H37NO5/c1-7-28(8-2)16-9-10-17(18(29)11-16)23(24-19(30)12-26(3,4)13-20(24)31)25-21(32)14-27(5,6)15-22(25)33/h9-11,23,29-30,32H,7-8,12-15H2,1-6H3. The monoisotopic (exact) mass is 455 g/mol. The van der Waals surface area contributed by atoms with Crippen LogP contribution in [-0.2, 0) is 9.59 Å². The highest BCUT2D eigenvalue weighted by Crippen LogP contribution is 2.49. The maximum absolute atomic E-state index is 13.3. The van der Waals surface area contributed by atoms with Crippen LogP contribution in [0.1, 0.15) is 78.7 Å². The number of ketones is 2. The van der Waals surface area contributed by atoms with Gasteiger partial charge in [-0.15, -0.1) is 0 Å². The summed E-state index contributed by atoms with van der Waals surface area (Å²) in [4.78, 5) is 28.6. The van der Waals surface area contributed by atoms with Gasteiger partial charge in [-0.2, -0.15) is 0 Å². The first kappa shape index (κ1) is 24.9. The van der Waals surface area contributed by atoms with Crippen LogP contribution in [0, 0.1) is 10.8 Å². The molecule has 0 saturated carbocycles. The van der Waals surface area contributed by atoms with Gasteiger partial charge < -0.3 is 20.2 Å². The van der Waals surface area contributed by atoms with Crippen LogP contribution in [0.3, 0.4) is 0 Å². The lowest BCUT2D eigenvalue weighted by molar-refractivity contribution is -0.119. The van der Waals surface area contributed by atoms with E-state index in [9.17, 15) is 24.9 Å². The number of hydrogen-bond donors (Lipinski definition) is 3. The van der Waals surface area contributed by atoms with Gasteiger partial charge in [0.15, 0.2) is 11.6 Å². The Morgan fingerprint density at radius 2 is 1.27 bits per heavy atom. The molecule has 0 atom stereocenters. The Morgan fingerprint density at radius 1 is 0.818 bits per heavy atom. The van der Waals surface area contributed by atoms with Crippen molar-refractivity contribution < 1.29 is 24.9 Å². The molecule has 0 heterocycles. The lowest BCUT2D eigenvalue weighted by atomic mass is 9.67. The zero-order chi connectivity index (χ0) is 24.7. The number of anilines is 1. The summed E-state index contributed by atoms with van der Waals surface area (Å²) in [6.45, 7) is 13.2. The van der Waals surface area contributed by atoms with E-state index in [1.807, 2.05) is 47.6 Å². The molecule has 2 aliphatic carbocycles. The molecule has 33 heavy (non-hydrogen) atoms. The highest BCUT2D eigenvalue weighted by molar-refractivity contribution is 6.05. The molecule has 6 heteroatoms. The van der Waals surface area contributed by atoms with Crippen molar-refractivity contribution in [3.63, 3.8) is 0 Å². The number of nitrogens with zero attached hydrogens (tertiary/aromatic N) is 1. The number of benzene rings is 1. The second kappa shape index (κ2) is 8.88. The lowest BCUT2D eigenvalue weighted by Crippen LogP contribution is -2.33. The molecule has 2 aliphatic rings. The van der Waals surface area contributed by atoms with Gasteiger partial charge in [-0.25, -0.2) is 0 Å². The van der Waals surface area contributed by atoms with Gasteiger partial charge in [0.25, 0.3) is 0 Å². The zero-order valence-electron chi connectivity index (χ0n) is 20.7. The molecule has 0 spiro atoms. The minimum Gasteiger partial charge on any atom is -0.512 e. The topological polar surface area (TPSA) is 98.1 Å². The van der Waals surface area contributed by atoms with Gasteiger partial charge in [-0.1, -0.05) is 33.8 Å². The van der Waals surface area contributed by atoms with Crippen LogP contribution in [0.4, 0.5) is 5.69 Å². The minimum atomic E-state index is -1.01. The molecule has 0 unspecified atom stereocenters. The Balaban J connectivity index is 2.24. The number of phenolic OH excluding ortho intramolecular Hbond substituents is 1. The number of rotatable bonds is 6. The number of carbonyl (C=O) groups is 2. The average Bonchev–Trinajstić information content (AvgIpc) is 2.65. The van der Waals surface area contributed by atoms with Crippen molar-refractivity contribution in [2.45, 2.75) is 73.1 Å². The number of phenols is 1. The quantitative estimate of drug-likeness (QED) is 0.507. The Kier molecular flexibility index (Phi) is 6.69. The van der Waals surface area contributed by atoms with Crippen LogP contribution < -0.4 is 4.90 Å². The Hall–Kier alpha value is -2.76. The molecule has 1 aromatic rings. The number of aliphatic hydroxyl groups excluding tert-OH is 2. The number of allylic oxidation sites excluding steroid dienone is 4. The highest BCUT2D eigenvalue weighted by Gasteiger charge is 2.44. The largest absolute Gasteiger partial charge is 0.512 e. The van der Waals surface area contributed by atoms with Gasteiger partial charge in [0.1, 0.15) is 17.3 Å². The predicted molar refractivity (Wildman–Crippen MR) is 130 cm³/mol. The van der Waals surface area contributed by atoms with E-state index in [1.165, 1.54) is 0 Å². The second-order valence-corrected chi connectivity index (χ2v) is 11.0. The molecule has 180 valence electrons. The fourth-order valence-electron chi connectivity index (χ4n) is 5.28. The molecule has 6 nitrogen and oxygen atoms in total. The van der Waals surface area contributed by atoms with E-state index in [1.54, 1.807) is 12.1 Å². The molecule has 0 aromatic heterocycles. The normalized spacial score (nSPS) is 20.6. The van der Waals surface area contributed by atoms with Gasteiger partial charge in [0.2, 0.25) is 0 Å². The van der Waals surface area contributed by atoms with Gasteiger partial charge in [-0.3, -0.25) is 9.59 Å². The Morgan fingerprint density at radius 3 is 1.64 bits per heavy atom. The molecule has 3 rings (SSSR count). The van der Waals surface area contributed by atoms with E-state index in [2.05, 4.69) is 4.90 Å². The van der Waals surface area contributed by atoms with Crippen LogP contribution >= 0.6 is 0 Å². The maximum Gasteiger partial charge on any atom is 0.163 e. The van der Waals surface area contributed by atoms with Crippen molar-refractivity contribution in [2.24, 2.45) is 10.8 Å². The summed E-state index contributed by atoms with van der Waals surface area (Å²) in [6, 6.07) is 5.17. The zero-order valence-corrected chi connectivity index (χ0v) is 20.7. The van der Waals surface area contributed by atoms with Crippen LogP contribution in [0.2, 0.25) is 0 Å². The molecular weight excluding hydrogens is 418 g/mol. The number of Topliss-reactive ketones (excluding diaryl/α,β-unsaturated/α-hetero) is 2. The van der Waals surface area contributed by atoms with Crippen molar-refractivity contribution in [3.05, 3.63) is 46.4 Å². The number of carbonyl (C=O) groups excluding carboxylic acids is 2. The smallest absolute Gasteiger partial charge is 0.163 e. The predicted octanol–water partition coefficient (Wildman–Crippen LogP) is 5.72. The average molecular weight is 456 g/mol. The summed E-state index contributed by atoms with van der Waals surface area (Å²) in [5, 5.41) is 33.0. The first-order valence-electron chi connectivity index (χ1n) is 11.8. The van der Waals surface area contributed by atoms with E-state index in [0.29, 0.717) is 5.56 Å². The number of hydrogen-bond acceptors (Lipinski definition) is 6. The van der Waals surface area contributed by atoms with Crippen LogP contribution in [0.15, 0.2) is 40.9 Å². The van der Waals surface area contributed by atoms with Gasteiger partial charge in [0, 0.05) is 67.2 Å². The van der Waals surface area contributed by atoms with Crippen LogP contribution in [0.25, 0.3) is 0 Å². The molecular formula is C27H37NO5. The van der Waals surface area contributed by atoms with E-state index in [-0.39, 0.29) is 65.7 Å². The number of aliphatic hydroxyl groups is 2. The second-order valence-electron chi connectivity index (χ2n) is 11.0. The van der Waals surface area contributed by atoms with Crippen LogP contribution in [-0.4, -0.2) is 40.0 Å². The van der Waals surface area contributed by atoms with E-state index in [0.717, 1.165) is 18.8 Å². The number of aromatic hydroxyl groups is 1. The molecule has 0 radical (unpaired) electrons. The third-order valence-electron chi connectivity index (χ3n) is 6.82. The first-order valence-corrected chi connectivity index (χ1v) is 11.8. The molecule has 0 saturated heterocycles. The van der Waals surface area contributed by atoms with Gasteiger partial charge >= 0.3 is 0 Å². The fraction of sp³-hybridized carbons (Fsp3) is 0.556. The van der Waals surface area contributed by atoms with Crippen molar-refractivity contribution >= 4 is 17.3 Å². The Bertz CT molecular complexity index is 975. The molecule has 0 amide bonds.